The molecule has 2 aromatic heterocycles. The minimum absolute atomic E-state index is 0.00318. The fourth-order valence-electron chi connectivity index (χ4n) is 4.74. The average Bonchev–Trinajstić information content (AvgIpc) is 3.48. The Balaban J connectivity index is 1.19. The number of aryl methyl sites for hydroxylation is 1. The fraction of sp³-hybridized carbons (Fsp3) is 0.276. The van der Waals surface area contributed by atoms with Crippen LogP contribution in [-0.4, -0.2) is 53.8 Å². The van der Waals surface area contributed by atoms with Gasteiger partial charge >= 0.3 is 6.36 Å². The van der Waals surface area contributed by atoms with Crippen LogP contribution in [0, 0.1) is 0 Å². The van der Waals surface area contributed by atoms with Crippen LogP contribution in [0.15, 0.2) is 78.3 Å². The molecule has 2 aromatic carbocycles. The number of carbonyl (C=O) groups excluding carboxylic acids is 1. The summed E-state index contributed by atoms with van der Waals surface area (Å²) >= 11 is 1.36. The summed E-state index contributed by atoms with van der Waals surface area (Å²) in [6, 6.07) is 17.8. The third kappa shape index (κ3) is 7.52. The third-order valence-electron chi connectivity index (χ3n) is 6.87. The molecule has 1 aliphatic heterocycles. The molecule has 220 valence electrons. The topological polar surface area (TPSA) is 101 Å². The van der Waals surface area contributed by atoms with Crippen molar-refractivity contribution in [2.45, 2.75) is 31.5 Å². The highest BCUT2D eigenvalue weighted by molar-refractivity contribution is 7.89. The zero-order chi connectivity index (χ0) is 29.7. The Morgan fingerprint density at radius 1 is 1.02 bits per heavy atom. The lowest BCUT2D eigenvalue weighted by Crippen LogP contribution is -2.39. The molecule has 1 fully saturated rings. The van der Waals surface area contributed by atoms with E-state index in [-0.39, 0.29) is 23.1 Å². The molecule has 4 aromatic rings. The van der Waals surface area contributed by atoms with Crippen LogP contribution >= 0.6 is 11.3 Å². The van der Waals surface area contributed by atoms with E-state index in [0.717, 1.165) is 10.7 Å². The lowest BCUT2D eigenvalue weighted by Gasteiger charge is -2.30. The van der Waals surface area contributed by atoms with Crippen LogP contribution in [0.1, 0.15) is 39.9 Å². The smallest absolute Gasteiger partial charge is 0.406 e. The number of pyridine rings is 1. The van der Waals surface area contributed by atoms with E-state index in [1.54, 1.807) is 41.9 Å². The van der Waals surface area contributed by atoms with E-state index in [1.165, 1.54) is 39.9 Å². The molecular weight excluding hydrogens is 589 g/mol. The number of para-hydroxylation sites is 1. The molecule has 1 N–H and O–H groups in total. The van der Waals surface area contributed by atoms with E-state index < -0.39 is 22.3 Å². The monoisotopic (exact) mass is 616 g/mol. The molecular formula is C29H27F3N4O4S2. The molecule has 1 saturated heterocycles. The van der Waals surface area contributed by atoms with Crippen molar-refractivity contribution in [2.75, 3.05) is 24.2 Å². The predicted octanol–water partition coefficient (Wildman–Crippen LogP) is 6.11. The summed E-state index contributed by atoms with van der Waals surface area (Å²) in [6.07, 6.45) is -1.57. The van der Waals surface area contributed by atoms with Crippen molar-refractivity contribution in [2.24, 2.45) is 0 Å². The van der Waals surface area contributed by atoms with Gasteiger partial charge in [-0.2, -0.15) is 0 Å². The Labute approximate surface area is 245 Å². The number of aromatic nitrogens is 2. The number of halogens is 3. The summed E-state index contributed by atoms with van der Waals surface area (Å²) in [5.74, 6) is -0.709. The van der Waals surface area contributed by atoms with Crippen molar-refractivity contribution in [3.05, 3.63) is 94.7 Å². The van der Waals surface area contributed by atoms with Gasteiger partial charge in [0.15, 0.2) is 0 Å². The van der Waals surface area contributed by atoms with E-state index in [9.17, 15) is 26.4 Å². The molecule has 0 bridgehead atoms. The SMILES string of the molecule is O=C(Nc1ccccc1-c1ccc(OC(F)(F)F)cc1)c1csc(C2CCN(S(=O)(=O)CCc3ccccn3)CC2)n1. The standard InChI is InChI=1S/C29H27F3N4O4S2/c30-29(31,32)40-23-10-8-20(9-11-23)24-6-1-2-7-25(24)34-27(37)26-19-41-28(35-26)21-12-16-36(17-13-21)42(38,39)18-14-22-5-3-4-15-33-22/h1-11,15,19,21H,12-14,16-18H2,(H,34,37). The first-order valence-corrected chi connectivity index (χ1v) is 15.7. The Kier molecular flexibility index (Phi) is 8.90. The number of thiazole rings is 1. The minimum atomic E-state index is -4.78. The van der Waals surface area contributed by atoms with Crippen LogP contribution in [-0.2, 0) is 16.4 Å². The summed E-state index contributed by atoms with van der Waals surface area (Å²) < 4.78 is 68.7. The van der Waals surface area contributed by atoms with E-state index in [4.69, 9.17) is 0 Å². The summed E-state index contributed by atoms with van der Waals surface area (Å²) in [5.41, 5.74) is 2.67. The predicted molar refractivity (Wildman–Crippen MR) is 154 cm³/mol. The van der Waals surface area contributed by atoms with E-state index in [0.29, 0.717) is 49.2 Å². The first kappa shape index (κ1) is 29.7. The summed E-state index contributed by atoms with van der Waals surface area (Å²) in [4.78, 5) is 21.8. The minimum Gasteiger partial charge on any atom is -0.406 e. The highest BCUT2D eigenvalue weighted by atomic mass is 32.2. The molecule has 42 heavy (non-hydrogen) atoms. The number of hydrogen-bond donors (Lipinski definition) is 1. The van der Waals surface area contributed by atoms with Gasteiger partial charge in [0.1, 0.15) is 11.4 Å². The molecule has 0 saturated carbocycles. The Morgan fingerprint density at radius 2 is 1.74 bits per heavy atom. The van der Waals surface area contributed by atoms with Crippen LogP contribution in [0.3, 0.4) is 0 Å². The number of nitrogens with zero attached hydrogens (tertiary/aromatic N) is 3. The molecule has 8 nitrogen and oxygen atoms in total. The molecule has 13 heteroatoms. The van der Waals surface area contributed by atoms with Crippen LogP contribution in [0.5, 0.6) is 5.75 Å². The second-order valence-corrected chi connectivity index (χ2v) is 12.7. The molecule has 0 aliphatic carbocycles. The average molecular weight is 617 g/mol. The molecule has 0 atom stereocenters. The number of sulfonamides is 1. The molecule has 0 radical (unpaired) electrons. The number of ether oxygens (including phenoxy) is 1. The number of rotatable bonds is 9. The Morgan fingerprint density at radius 3 is 2.43 bits per heavy atom. The number of nitrogens with one attached hydrogen (secondary N) is 1. The van der Waals surface area contributed by atoms with Gasteiger partial charge in [-0.15, -0.1) is 24.5 Å². The Bertz CT molecular complexity index is 1620. The first-order chi connectivity index (χ1) is 20.1. The largest absolute Gasteiger partial charge is 0.573 e. The van der Waals surface area contributed by atoms with Gasteiger partial charge in [0.25, 0.3) is 5.91 Å². The number of amides is 1. The second-order valence-electron chi connectivity index (χ2n) is 9.70. The van der Waals surface area contributed by atoms with E-state index in [1.807, 2.05) is 12.1 Å². The molecule has 3 heterocycles. The van der Waals surface area contributed by atoms with E-state index in [2.05, 4.69) is 20.0 Å². The highest BCUT2D eigenvalue weighted by Crippen LogP contribution is 2.33. The van der Waals surface area contributed by atoms with Crippen LogP contribution < -0.4 is 10.1 Å². The molecule has 0 spiro atoms. The van der Waals surface area contributed by atoms with Crippen molar-refractivity contribution in [1.82, 2.24) is 14.3 Å². The summed E-state index contributed by atoms with van der Waals surface area (Å²) in [5, 5.41) is 5.30. The van der Waals surface area contributed by atoms with Crippen LogP contribution in [0.4, 0.5) is 18.9 Å². The van der Waals surface area contributed by atoms with Crippen molar-refractivity contribution >= 4 is 33.0 Å². The number of benzene rings is 2. The van der Waals surface area contributed by atoms with Crippen molar-refractivity contribution in [1.29, 1.82) is 0 Å². The van der Waals surface area contributed by atoms with Crippen molar-refractivity contribution in [3.63, 3.8) is 0 Å². The summed E-state index contributed by atoms with van der Waals surface area (Å²) in [7, 11) is -3.41. The first-order valence-electron chi connectivity index (χ1n) is 13.2. The number of hydrogen-bond acceptors (Lipinski definition) is 7. The lowest BCUT2D eigenvalue weighted by molar-refractivity contribution is -0.274. The van der Waals surface area contributed by atoms with Gasteiger partial charge in [0, 0.05) is 53.9 Å². The Hall–Kier alpha value is -3.81. The number of piperidine rings is 1. The van der Waals surface area contributed by atoms with Crippen molar-refractivity contribution in [3.8, 4) is 16.9 Å². The van der Waals surface area contributed by atoms with Crippen LogP contribution in [0.2, 0.25) is 0 Å². The van der Waals surface area contributed by atoms with Gasteiger partial charge in [-0.25, -0.2) is 17.7 Å². The van der Waals surface area contributed by atoms with Gasteiger partial charge in [-0.1, -0.05) is 36.4 Å². The van der Waals surface area contributed by atoms with Gasteiger partial charge in [-0.3, -0.25) is 9.78 Å². The zero-order valence-corrected chi connectivity index (χ0v) is 23.9. The maximum absolute atomic E-state index is 13.1. The maximum Gasteiger partial charge on any atom is 0.573 e. The second kappa shape index (κ2) is 12.6. The number of carbonyl (C=O) groups is 1. The fourth-order valence-corrected chi connectivity index (χ4v) is 7.20. The van der Waals surface area contributed by atoms with Gasteiger partial charge in [0.05, 0.1) is 10.8 Å². The molecule has 5 rings (SSSR count). The van der Waals surface area contributed by atoms with Crippen LogP contribution in [0.25, 0.3) is 11.1 Å². The summed E-state index contributed by atoms with van der Waals surface area (Å²) in [6.45, 7) is 0.771. The quantitative estimate of drug-likeness (QED) is 0.244. The van der Waals surface area contributed by atoms with Crippen molar-refractivity contribution < 1.29 is 31.1 Å². The van der Waals surface area contributed by atoms with Gasteiger partial charge < -0.3 is 10.1 Å². The third-order valence-corrected chi connectivity index (χ3v) is 9.75. The number of alkyl halides is 3. The van der Waals surface area contributed by atoms with Gasteiger partial charge in [-0.05, 0) is 48.7 Å². The molecule has 0 unspecified atom stereocenters. The van der Waals surface area contributed by atoms with Gasteiger partial charge in [0.2, 0.25) is 10.0 Å². The molecule has 1 amide bonds. The highest BCUT2D eigenvalue weighted by Gasteiger charge is 2.31. The molecule has 1 aliphatic rings. The van der Waals surface area contributed by atoms with E-state index >= 15 is 0 Å². The lowest BCUT2D eigenvalue weighted by atomic mass is 9.99. The maximum atomic E-state index is 13.1. The normalized spacial score (nSPS) is 14.9. The zero-order valence-electron chi connectivity index (χ0n) is 22.3. The number of anilines is 1.